The molecule has 0 amide bonds. The van der Waals surface area contributed by atoms with Gasteiger partial charge in [-0.25, -0.2) is 4.79 Å². The summed E-state index contributed by atoms with van der Waals surface area (Å²) in [5.74, 6) is 0.192. The topological polar surface area (TPSA) is 38.8 Å². The maximum Gasteiger partial charge on any atom is 0.343 e. The Morgan fingerprint density at radius 3 is 2.35 bits per heavy atom. The van der Waals surface area contributed by atoms with Crippen LogP contribution in [-0.2, 0) is 9.53 Å². The van der Waals surface area contributed by atoms with Crippen molar-refractivity contribution in [1.82, 2.24) is 0 Å². The molecule has 0 saturated carbocycles. The maximum atomic E-state index is 11.8. The van der Waals surface area contributed by atoms with Crippen molar-refractivity contribution >= 4 is 12.0 Å². The lowest BCUT2D eigenvalue weighted by molar-refractivity contribution is -0.135. The molecule has 0 bridgehead atoms. The Kier molecular flexibility index (Phi) is 3.61. The van der Waals surface area contributed by atoms with Crippen LogP contribution in [0, 0.1) is 0 Å². The fourth-order valence-electron chi connectivity index (χ4n) is 1.89. The van der Waals surface area contributed by atoms with Crippen LogP contribution in [0.15, 0.2) is 66.7 Å². The molecule has 0 aromatic heterocycles. The van der Waals surface area contributed by atoms with Crippen LogP contribution < -0.4 is 4.74 Å². The molecule has 20 heavy (non-hydrogen) atoms. The van der Waals surface area contributed by atoms with Crippen LogP contribution in [-0.4, -0.2) is 18.2 Å². The van der Waals surface area contributed by atoms with Gasteiger partial charge in [-0.1, -0.05) is 60.7 Å². The van der Waals surface area contributed by atoms with Crippen LogP contribution in [0.2, 0.25) is 0 Å². The Morgan fingerprint density at radius 2 is 1.65 bits per heavy atom. The Bertz CT molecular complexity index is 605. The van der Waals surface area contributed by atoms with Gasteiger partial charge in [0.2, 0.25) is 0 Å². The summed E-state index contributed by atoms with van der Waals surface area (Å²) in [6, 6.07) is 18.9. The number of epoxide rings is 1. The zero-order chi connectivity index (χ0) is 13.8. The molecule has 3 nitrogen and oxygen atoms in total. The molecule has 0 aliphatic carbocycles. The Balaban J connectivity index is 1.54. The van der Waals surface area contributed by atoms with Gasteiger partial charge < -0.3 is 9.47 Å². The standard InChI is InChI=1S/C17H14O3/c18-17(19-14-9-5-2-6-10-14)16-15(20-16)12-11-13-7-3-1-4-8-13/h1-12,15-16H/b12-11+/t15-,16-/m0/s1. The third kappa shape index (κ3) is 3.13. The second kappa shape index (κ2) is 5.72. The first-order chi connectivity index (χ1) is 9.83. The highest BCUT2D eigenvalue weighted by Crippen LogP contribution is 2.26. The lowest BCUT2D eigenvalue weighted by Crippen LogP contribution is -2.16. The lowest BCUT2D eigenvalue weighted by atomic mass is 10.2. The smallest absolute Gasteiger partial charge is 0.343 e. The van der Waals surface area contributed by atoms with Crippen molar-refractivity contribution in [3.8, 4) is 5.75 Å². The monoisotopic (exact) mass is 266 g/mol. The number of carbonyl (C=O) groups is 1. The largest absolute Gasteiger partial charge is 0.425 e. The summed E-state index contributed by atoms with van der Waals surface area (Å²) in [5, 5.41) is 0. The molecule has 2 atom stereocenters. The number of hydrogen-bond acceptors (Lipinski definition) is 3. The van der Waals surface area contributed by atoms with Crippen molar-refractivity contribution in [2.24, 2.45) is 0 Å². The minimum absolute atomic E-state index is 0.189. The van der Waals surface area contributed by atoms with Crippen molar-refractivity contribution < 1.29 is 14.3 Å². The Labute approximate surface area is 117 Å². The van der Waals surface area contributed by atoms with Crippen LogP contribution in [0.5, 0.6) is 5.75 Å². The third-order valence-corrected chi connectivity index (χ3v) is 3.00. The number of para-hydroxylation sites is 1. The molecule has 100 valence electrons. The van der Waals surface area contributed by atoms with E-state index < -0.39 is 6.10 Å². The normalized spacial score (nSPS) is 20.8. The summed E-state index contributed by atoms with van der Waals surface area (Å²) < 4.78 is 10.5. The van der Waals surface area contributed by atoms with Gasteiger partial charge >= 0.3 is 5.97 Å². The number of benzene rings is 2. The van der Waals surface area contributed by atoms with Crippen molar-refractivity contribution in [1.29, 1.82) is 0 Å². The predicted octanol–water partition coefficient (Wildman–Crippen LogP) is 3.07. The zero-order valence-corrected chi connectivity index (χ0v) is 10.8. The summed E-state index contributed by atoms with van der Waals surface area (Å²) >= 11 is 0. The van der Waals surface area contributed by atoms with Crippen LogP contribution in [0.3, 0.4) is 0 Å². The number of esters is 1. The van der Waals surface area contributed by atoms with Gasteiger partial charge in [-0.15, -0.1) is 0 Å². The molecular weight excluding hydrogens is 252 g/mol. The first-order valence-corrected chi connectivity index (χ1v) is 6.48. The van der Waals surface area contributed by atoms with Gasteiger partial charge in [0.05, 0.1) is 0 Å². The molecule has 3 rings (SSSR count). The fourth-order valence-corrected chi connectivity index (χ4v) is 1.89. The number of rotatable bonds is 4. The van der Waals surface area contributed by atoms with E-state index in [0.717, 1.165) is 5.56 Å². The van der Waals surface area contributed by atoms with Crippen LogP contribution in [0.25, 0.3) is 6.08 Å². The second-order valence-corrected chi connectivity index (χ2v) is 4.53. The highest BCUT2D eigenvalue weighted by Gasteiger charge is 2.44. The minimum Gasteiger partial charge on any atom is -0.425 e. The Hall–Kier alpha value is -2.39. The predicted molar refractivity (Wildman–Crippen MR) is 76.2 cm³/mol. The molecule has 0 spiro atoms. The average Bonchev–Trinajstić information content (AvgIpc) is 3.27. The number of ether oxygens (including phenoxy) is 2. The molecule has 1 saturated heterocycles. The van der Waals surface area contributed by atoms with E-state index in [1.165, 1.54) is 0 Å². The fraction of sp³-hybridized carbons (Fsp3) is 0.118. The highest BCUT2D eigenvalue weighted by atomic mass is 16.6. The lowest BCUT2D eigenvalue weighted by Gasteiger charge is -2.00. The molecule has 0 radical (unpaired) electrons. The first-order valence-electron chi connectivity index (χ1n) is 6.48. The van der Waals surface area contributed by atoms with Gasteiger partial charge in [0.15, 0.2) is 6.10 Å². The first kappa shape index (κ1) is 12.6. The molecule has 0 N–H and O–H groups in total. The third-order valence-electron chi connectivity index (χ3n) is 3.00. The quantitative estimate of drug-likeness (QED) is 0.485. The molecule has 3 heteroatoms. The van der Waals surface area contributed by atoms with E-state index in [-0.39, 0.29) is 12.1 Å². The van der Waals surface area contributed by atoms with Gasteiger partial charge in [-0.05, 0) is 17.7 Å². The SMILES string of the molecule is O=C(Oc1ccccc1)[C@H]1O[C@H]1/C=C/c1ccccc1. The van der Waals surface area contributed by atoms with Gasteiger partial charge in [0.25, 0.3) is 0 Å². The highest BCUT2D eigenvalue weighted by molar-refractivity contribution is 5.81. The van der Waals surface area contributed by atoms with Gasteiger partial charge in [-0.3, -0.25) is 0 Å². The van der Waals surface area contributed by atoms with E-state index >= 15 is 0 Å². The van der Waals surface area contributed by atoms with E-state index in [4.69, 9.17) is 9.47 Å². The van der Waals surface area contributed by atoms with Gasteiger partial charge in [0, 0.05) is 0 Å². The van der Waals surface area contributed by atoms with E-state index in [0.29, 0.717) is 5.75 Å². The van der Waals surface area contributed by atoms with E-state index in [1.54, 1.807) is 12.1 Å². The molecule has 1 aliphatic rings. The van der Waals surface area contributed by atoms with Crippen molar-refractivity contribution in [3.05, 3.63) is 72.3 Å². The van der Waals surface area contributed by atoms with Crippen molar-refractivity contribution in [2.75, 3.05) is 0 Å². The summed E-state index contributed by atoms with van der Waals surface area (Å²) in [7, 11) is 0. The molecule has 1 heterocycles. The zero-order valence-electron chi connectivity index (χ0n) is 10.8. The van der Waals surface area contributed by atoms with E-state index in [9.17, 15) is 4.79 Å². The maximum absolute atomic E-state index is 11.8. The molecular formula is C17H14O3. The van der Waals surface area contributed by atoms with Crippen LogP contribution in [0.1, 0.15) is 5.56 Å². The van der Waals surface area contributed by atoms with Crippen molar-refractivity contribution in [3.63, 3.8) is 0 Å². The van der Waals surface area contributed by atoms with E-state index in [2.05, 4.69) is 0 Å². The van der Waals surface area contributed by atoms with Crippen LogP contribution >= 0.6 is 0 Å². The number of hydrogen-bond donors (Lipinski definition) is 0. The summed E-state index contributed by atoms with van der Waals surface area (Å²) in [5.41, 5.74) is 1.08. The minimum atomic E-state index is -0.491. The summed E-state index contributed by atoms with van der Waals surface area (Å²) in [6.45, 7) is 0. The van der Waals surface area contributed by atoms with Crippen LogP contribution in [0.4, 0.5) is 0 Å². The van der Waals surface area contributed by atoms with Gasteiger partial charge in [-0.2, -0.15) is 0 Å². The number of carbonyl (C=O) groups excluding carboxylic acids is 1. The van der Waals surface area contributed by atoms with Crippen molar-refractivity contribution in [2.45, 2.75) is 12.2 Å². The second-order valence-electron chi connectivity index (χ2n) is 4.53. The molecule has 2 aromatic rings. The molecule has 1 aliphatic heterocycles. The molecule has 0 unspecified atom stereocenters. The van der Waals surface area contributed by atoms with Gasteiger partial charge in [0.1, 0.15) is 11.9 Å². The molecule has 1 fully saturated rings. The molecule has 2 aromatic carbocycles. The summed E-state index contributed by atoms with van der Waals surface area (Å²) in [4.78, 5) is 11.8. The van der Waals surface area contributed by atoms with E-state index in [1.807, 2.05) is 60.7 Å². The Morgan fingerprint density at radius 1 is 1.00 bits per heavy atom. The average molecular weight is 266 g/mol. The summed E-state index contributed by atoms with van der Waals surface area (Å²) in [6.07, 6.45) is 3.15.